The van der Waals surface area contributed by atoms with Crippen molar-refractivity contribution in [2.75, 3.05) is 6.61 Å². The maximum absolute atomic E-state index is 11.8. The quantitative estimate of drug-likeness (QED) is 0.563. The van der Waals surface area contributed by atoms with Gasteiger partial charge in [-0.05, 0) is 36.9 Å². The van der Waals surface area contributed by atoms with Crippen LogP contribution in [-0.2, 0) is 16.0 Å². The number of thiophene rings is 1. The molecule has 0 atom stereocenters. The molecule has 3 aromatic rings. The molecule has 0 saturated carbocycles. The Morgan fingerprint density at radius 2 is 1.93 bits per heavy atom. The van der Waals surface area contributed by atoms with E-state index in [-0.39, 0.29) is 18.9 Å². The van der Waals surface area contributed by atoms with Crippen LogP contribution in [0, 0.1) is 6.92 Å². The molecule has 0 bridgehead atoms. The molecule has 2 aromatic heterocycles. The van der Waals surface area contributed by atoms with Crippen LogP contribution in [-0.4, -0.2) is 28.6 Å². The molecule has 0 unspecified atom stereocenters. The number of aryl methyl sites for hydroxylation is 2. The predicted octanol–water partition coefficient (Wildman–Crippen LogP) is 2.66. The lowest BCUT2D eigenvalue weighted by atomic mass is 10.2. The van der Waals surface area contributed by atoms with Gasteiger partial charge in [0.1, 0.15) is 5.75 Å². The third kappa shape index (κ3) is 5.92. The van der Waals surface area contributed by atoms with Crippen molar-refractivity contribution in [3.05, 3.63) is 53.2 Å². The molecular weight excluding hydrogens is 380 g/mol. The first-order chi connectivity index (χ1) is 13.6. The Labute approximate surface area is 165 Å². The summed E-state index contributed by atoms with van der Waals surface area (Å²) in [7, 11) is 0. The summed E-state index contributed by atoms with van der Waals surface area (Å²) >= 11 is 1.53. The predicted molar refractivity (Wildman–Crippen MR) is 104 cm³/mol. The first kappa shape index (κ1) is 19.6. The molecule has 0 aliphatic heterocycles. The summed E-state index contributed by atoms with van der Waals surface area (Å²) in [6.07, 6.45) is 1.22. The monoisotopic (exact) mass is 400 g/mol. The first-order valence-corrected chi connectivity index (χ1v) is 9.62. The second kappa shape index (κ2) is 9.65. The number of hydrazine groups is 1. The van der Waals surface area contributed by atoms with Gasteiger partial charge >= 0.3 is 0 Å². The van der Waals surface area contributed by atoms with Crippen molar-refractivity contribution in [3.63, 3.8) is 0 Å². The molecule has 2 heterocycles. The SMILES string of the molecule is Cc1ccc(OCC(=O)NNC(=O)CCCc2nc(-c3cccs3)no2)cc1. The van der Waals surface area contributed by atoms with Crippen LogP contribution in [0.15, 0.2) is 46.3 Å². The van der Waals surface area contributed by atoms with Crippen molar-refractivity contribution in [3.8, 4) is 16.5 Å². The van der Waals surface area contributed by atoms with Crippen molar-refractivity contribution in [1.82, 2.24) is 21.0 Å². The van der Waals surface area contributed by atoms with E-state index in [1.165, 1.54) is 11.3 Å². The van der Waals surface area contributed by atoms with E-state index in [0.29, 0.717) is 30.3 Å². The van der Waals surface area contributed by atoms with Gasteiger partial charge in [0.15, 0.2) is 6.61 Å². The molecule has 0 radical (unpaired) electrons. The molecular formula is C19H20N4O4S. The van der Waals surface area contributed by atoms with Gasteiger partial charge in [0.2, 0.25) is 17.6 Å². The number of rotatable bonds is 8. The highest BCUT2D eigenvalue weighted by Gasteiger charge is 2.11. The topological polar surface area (TPSA) is 106 Å². The molecule has 2 N–H and O–H groups in total. The van der Waals surface area contributed by atoms with Gasteiger partial charge in [-0.3, -0.25) is 20.4 Å². The average Bonchev–Trinajstić information content (AvgIpc) is 3.37. The van der Waals surface area contributed by atoms with E-state index in [1.807, 2.05) is 36.6 Å². The van der Waals surface area contributed by atoms with E-state index < -0.39 is 5.91 Å². The minimum Gasteiger partial charge on any atom is -0.484 e. The number of ether oxygens (including phenoxy) is 1. The highest BCUT2D eigenvalue weighted by atomic mass is 32.1. The van der Waals surface area contributed by atoms with Crippen molar-refractivity contribution in [2.45, 2.75) is 26.2 Å². The van der Waals surface area contributed by atoms with E-state index in [4.69, 9.17) is 9.26 Å². The molecule has 3 rings (SSSR count). The third-order valence-electron chi connectivity index (χ3n) is 3.74. The molecule has 0 aliphatic carbocycles. The summed E-state index contributed by atoms with van der Waals surface area (Å²) in [4.78, 5) is 28.8. The third-order valence-corrected chi connectivity index (χ3v) is 4.60. The summed E-state index contributed by atoms with van der Waals surface area (Å²) < 4.78 is 10.5. The molecule has 0 fully saturated rings. The summed E-state index contributed by atoms with van der Waals surface area (Å²) in [5.41, 5.74) is 5.78. The second-order valence-corrected chi connectivity index (χ2v) is 6.99. The van der Waals surface area contributed by atoms with Crippen molar-refractivity contribution < 1.29 is 18.8 Å². The number of carbonyl (C=O) groups is 2. The molecule has 1 aromatic carbocycles. The zero-order valence-electron chi connectivity index (χ0n) is 15.3. The number of nitrogens with zero attached hydrogens (tertiary/aromatic N) is 2. The number of benzene rings is 1. The van der Waals surface area contributed by atoms with Gasteiger partial charge in [-0.2, -0.15) is 4.98 Å². The van der Waals surface area contributed by atoms with E-state index >= 15 is 0 Å². The highest BCUT2D eigenvalue weighted by Crippen LogP contribution is 2.21. The molecule has 8 nitrogen and oxygen atoms in total. The fourth-order valence-corrected chi connectivity index (χ4v) is 2.93. The number of carbonyl (C=O) groups excluding carboxylic acids is 2. The Balaban J connectivity index is 1.31. The van der Waals surface area contributed by atoms with Crippen LogP contribution in [0.2, 0.25) is 0 Å². The average molecular weight is 400 g/mol. The van der Waals surface area contributed by atoms with Crippen LogP contribution in [0.3, 0.4) is 0 Å². The van der Waals surface area contributed by atoms with E-state index in [0.717, 1.165) is 10.4 Å². The molecule has 146 valence electrons. The molecule has 0 spiro atoms. The van der Waals surface area contributed by atoms with Crippen LogP contribution in [0.25, 0.3) is 10.7 Å². The number of amides is 2. The van der Waals surface area contributed by atoms with Gasteiger partial charge in [-0.1, -0.05) is 28.9 Å². The Morgan fingerprint density at radius 1 is 1.14 bits per heavy atom. The van der Waals surface area contributed by atoms with Crippen LogP contribution >= 0.6 is 11.3 Å². The minimum atomic E-state index is -0.439. The summed E-state index contributed by atoms with van der Waals surface area (Å²) in [5, 5.41) is 5.86. The maximum atomic E-state index is 11.8. The fraction of sp³-hybridized carbons (Fsp3) is 0.263. The lowest BCUT2D eigenvalue weighted by molar-refractivity contribution is -0.130. The molecule has 28 heavy (non-hydrogen) atoms. The summed E-state index contributed by atoms with van der Waals surface area (Å²) in [6.45, 7) is 1.78. The molecule has 0 saturated heterocycles. The Hall–Kier alpha value is -3.20. The zero-order valence-corrected chi connectivity index (χ0v) is 16.1. The normalized spacial score (nSPS) is 10.5. The lowest BCUT2D eigenvalue weighted by Crippen LogP contribution is -2.43. The maximum Gasteiger partial charge on any atom is 0.276 e. The number of aromatic nitrogens is 2. The summed E-state index contributed by atoms with van der Waals surface area (Å²) in [6, 6.07) is 11.2. The van der Waals surface area contributed by atoms with E-state index in [9.17, 15) is 9.59 Å². The molecule has 2 amide bonds. The van der Waals surface area contributed by atoms with Gasteiger partial charge in [-0.25, -0.2) is 0 Å². The fourth-order valence-electron chi connectivity index (χ4n) is 2.28. The number of hydrogen-bond acceptors (Lipinski definition) is 7. The lowest BCUT2D eigenvalue weighted by Gasteiger charge is -2.08. The van der Waals surface area contributed by atoms with Gasteiger partial charge in [0, 0.05) is 12.8 Å². The molecule has 9 heteroatoms. The Kier molecular flexibility index (Phi) is 6.74. The second-order valence-electron chi connectivity index (χ2n) is 6.04. The van der Waals surface area contributed by atoms with Crippen molar-refractivity contribution in [1.29, 1.82) is 0 Å². The number of nitrogens with one attached hydrogen (secondary N) is 2. The van der Waals surface area contributed by atoms with Crippen molar-refractivity contribution >= 4 is 23.2 Å². The largest absolute Gasteiger partial charge is 0.484 e. The van der Waals surface area contributed by atoms with Crippen LogP contribution in [0.4, 0.5) is 0 Å². The van der Waals surface area contributed by atoms with Gasteiger partial charge in [-0.15, -0.1) is 11.3 Å². The highest BCUT2D eigenvalue weighted by molar-refractivity contribution is 7.13. The smallest absolute Gasteiger partial charge is 0.276 e. The van der Waals surface area contributed by atoms with E-state index in [1.54, 1.807) is 12.1 Å². The zero-order chi connectivity index (χ0) is 19.8. The van der Waals surface area contributed by atoms with Gasteiger partial charge < -0.3 is 9.26 Å². The standard InChI is InChI=1S/C19H20N4O4S/c1-13-7-9-14(10-8-13)26-12-17(25)22-21-16(24)5-2-6-18-20-19(23-27-18)15-4-3-11-28-15/h3-4,7-11H,2,5-6,12H2,1H3,(H,21,24)(H,22,25). The summed E-state index contributed by atoms with van der Waals surface area (Å²) in [5.74, 6) is 0.878. The minimum absolute atomic E-state index is 0.184. The van der Waals surface area contributed by atoms with Gasteiger partial charge in [0.05, 0.1) is 4.88 Å². The van der Waals surface area contributed by atoms with Gasteiger partial charge in [0.25, 0.3) is 5.91 Å². The molecule has 0 aliphatic rings. The van der Waals surface area contributed by atoms with Crippen molar-refractivity contribution in [2.24, 2.45) is 0 Å². The Morgan fingerprint density at radius 3 is 2.68 bits per heavy atom. The number of hydrogen-bond donors (Lipinski definition) is 2. The Bertz CT molecular complexity index is 906. The van der Waals surface area contributed by atoms with Crippen LogP contribution < -0.4 is 15.6 Å². The van der Waals surface area contributed by atoms with Crippen LogP contribution in [0.5, 0.6) is 5.75 Å². The van der Waals surface area contributed by atoms with Crippen LogP contribution in [0.1, 0.15) is 24.3 Å². The first-order valence-electron chi connectivity index (χ1n) is 8.74. The van der Waals surface area contributed by atoms with E-state index in [2.05, 4.69) is 21.0 Å².